The first-order valence-electron chi connectivity index (χ1n) is 8.04. The Morgan fingerprint density at radius 3 is 2.56 bits per heavy atom. The molecule has 0 spiro atoms. The lowest BCUT2D eigenvalue weighted by atomic mass is 9.93. The third kappa shape index (κ3) is 4.88. The Bertz CT molecular complexity index is 807. The van der Waals surface area contributed by atoms with Crippen LogP contribution in [0.15, 0.2) is 73.2 Å². The van der Waals surface area contributed by atoms with Crippen LogP contribution in [0.2, 0.25) is 5.02 Å². The number of nitrogens with one attached hydrogen (secondary N) is 1. The number of aromatic nitrogens is 2. The molecule has 0 saturated heterocycles. The van der Waals surface area contributed by atoms with Gasteiger partial charge in [0.2, 0.25) is 5.91 Å². The van der Waals surface area contributed by atoms with E-state index in [1.807, 2.05) is 42.5 Å². The number of benzene rings is 1. The number of hydrogen-bond donors (Lipinski definition) is 1. The fraction of sp³-hybridized carbons (Fsp3) is 0.150. The maximum atomic E-state index is 12.8. The van der Waals surface area contributed by atoms with Crippen LogP contribution in [0.5, 0.6) is 0 Å². The van der Waals surface area contributed by atoms with Gasteiger partial charge in [0.15, 0.2) is 0 Å². The minimum atomic E-state index is -0.330. The van der Waals surface area contributed by atoms with Crippen LogP contribution in [0, 0.1) is 0 Å². The molecule has 2 aromatic heterocycles. The Balaban J connectivity index is 1.77. The van der Waals surface area contributed by atoms with Crippen molar-refractivity contribution in [2.75, 3.05) is 0 Å². The molecular formula is C20H18ClN3O. The lowest BCUT2D eigenvalue weighted by Gasteiger charge is -2.17. The van der Waals surface area contributed by atoms with Crippen LogP contribution >= 0.6 is 11.6 Å². The van der Waals surface area contributed by atoms with Crippen molar-refractivity contribution in [1.29, 1.82) is 0 Å². The molecule has 3 rings (SSSR count). The zero-order valence-electron chi connectivity index (χ0n) is 13.6. The molecule has 1 amide bonds. The number of carbonyl (C=O) groups is 1. The number of rotatable bonds is 6. The van der Waals surface area contributed by atoms with E-state index in [4.69, 9.17) is 11.6 Å². The fourth-order valence-corrected chi connectivity index (χ4v) is 2.73. The van der Waals surface area contributed by atoms with Crippen molar-refractivity contribution in [3.05, 3.63) is 95.0 Å². The van der Waals surface area contributed by atoms with Gasteiger partial charge in [-0.1, -0.05) is 35.9 Å². The molecule has 1 unspecified atom stereocenters. The first-order valence-corrected chi connectivity index (χ1v) is 8.42. The molecule has 25 heavy (non-hydrogen) atoms. The standard InChI is InChI=1S/C20H18ClN3O/c21-17-8-6-16(7-9-17)19(12-18-5-1-2-11-23-18)20(25)24-14-15-4-3-10-22-13-15/h1-11,13,19H,12,14H2,(H,24,25). The van der Waals surface area contributed by atoms with Crippen LogP contribution in [0.4, 0.5) is 0 Å². The average molecular weight is 352 g/mol. The van der Waals surface area contributed by atoms with Gasteiger partial charge in [-0.25, -0.2) is 0 Å². The van der Waals surface area contributed by atoms with Gasteiger partial charge in [0.1, 0.15) is 0 Å². The lowest BCUT2D eigenvalue weighted by Crippen LogP contribution is -2.30. The molecule has 1 N–H and O–H groups in total. The molecule has 0 aliphatic heterocycles. The van der Waals surface area contributed by atoms with Crippen molar-refractivity contribution in [2.24, 2.45) is 0 Å². The second kappa shape index (κ2) is 8.40. The van der Waals surface area contributed by atoms with Crippen LogP contribution in [0.3, 0.4) is 0 Å². The zero-order valence-corrected chi connectivity index (χ0v) is 14.4. The number of halogens is 1. The molecule has 0 aliphatic rings. The number of amides is 1. The van der Waals surface area contributed by atoms with Gasteiger partial charge in [-0.05, 0) is 41.5 Å². The Labute approximate surface area is 151 Å². The molecule has 0 fully saturated rings. The normalized spacial score (nSPS) is 11.7. The van der Waals surface area contributed by atoms with Gasteiger partial charge in [-0.3, -0.25) is 14.8 Å². The van der Waals surface area contributed by atoms with E-state index in [9.17, 15) is 4.79 Å². The quantitative estimate of drug-likeness (QED) is 0.735. The van der Waals surface area contributed by atoms with E-state index >= 15 is 0 Å². The molecule has 3 aromatic rings. The summed E-state index contributed by atoms with van der Waals surface area (Å²) in [7, 11) is 0. The minimum Gasteiger partial charge on any atom is -0.351 e. The van der Waals surface area contributed by atoms with Crippen LogP contribution in [0.25, 0.3) is 0 Å². The molecule has 0 radical (unpaired) electrons. The van der Waals surface area contributed by atoms with Gasteiger partial charge >= 0.3 is 0 Å². The first-order chi connectivity index (χ1) is 12.2. The van der Waals surface area contributed by atoms with Gasteiger partial charge in [0.25, 0.3) is 0 Å². The zero-order chi connectivity index (χ0) is 17.5. The van der Waals surface area contributed by atoms with Crippen LogP contribution in [-0.2, 0) is 17.8 Å². The first kappa shape index (κ1) is 17.1. The molecule has 0 bridgehead atoms. The fourth-order valence-electron chi connectivity index (χ4n) is 2.60. The summed E-state index contributed by atoms with van der Waals surface area (Å²) >= 11 is 5.98. The van der Waals surface area contributed by atoms with Crippen molar-refractivity contribution in [1.82, 2.24) is 15.3 Å². The Morgan fingerprint density at radius 1 is 1.04 bits per heavy atom. The second-order valence-electron chi connectivity index (χ2n) is 5.71. The SMILES string of the molecule is O=C(NCc1cccnc1)C(Cc1ccccn1)c1ccc(Cl)cc1. The highest BCUT2D eigenvalue weighted by Gasteiger charge is 2.21. The highest BCUT2D eigenvalue weighted by molar-refractivity contribution is 6.30. The minimum absolute atomic E-state index is 0.0446. The van der Waals surface area contributed by atoms with Gasteiger partial charge in [0, 0.05) is 42.3 Å². The van der Waals surface area contributed by atoms with Crippen molar-refractivity contribution < 1.29 is 4.79 Å². The van der Waals surface area contributed by atoms with E-state index < -0.39 is 0 Å². The summed E-state index contributed by atoms with van der Waals surface area (Å²) < 4.78 is 0. The summed E-state index contributed by atoms with van der Waals surface area (Å²) in [5.41, 5.74) is 2.75. The monoisotopic (exact) mass is 351 g/mol. The summed E-state index contributed by atoms with van der Waals surface area (Å²) in [6, 6.07) is 16.9. The van der Waals surface area contributed by atoms with E-state index in [2.05, 4.69) is 15.3 Å². The Kier molecular flexibility index (Phi) is 5.75. The maximum Gasteiger partial charge on any atom is 0.228 e. The Morgan fingerprint density at radius 2 is 1.88 bits per heavy atom. The van der Waals surface area contributed by atoms with Gasteiger partial charge in [-0.15, -0.1) is 0 Å². The molecule has 4 nitrogen and oxygen atoms in total. The van der Waals surface area contributed by atoms with Crippen molar-refractivity contribution in [3.8, 4) is 0 Å². The van der Waals surface area contributed by atoms with Crippen molar-refractivity contribution >= 4 is 17.5 Å². The van der Waals surface area contributed by atoms with Crippen LogP contribution in [0.1, 0.15) is 22.7 Å². The lowest BCUT2D eigenvalue weighted by molar-refractivity contribution is -0.122. The van der Waals surface area contributed by atoms with E-state index in [0.717, 1.165) is 16.8 Å². The summed E-state index contributed by atoms with van der Waals surface area (Å²) in [4.78, 5) is 21.2. The molecule has 0 saturated carbocycles. The summed E-state index contributed by atoms with van der Waals surface area (Å²) in [5.74, 6) is -0.374. The molecule has 126 valence electrons. The maximum absolute atomic E-state index is 12.8. The molecule has 0 aliphatic carbocycles. The van der Waals surface area contributed by atoms with E-state index in [0.29, 0.717) is 18.0 Å². The van der Waals surface area contributed by atoms with Gasteiger partial charge < -0.3 is 5.32 Å². The molecule has 2 heterocycles. The average Bonchev–Trinajstić information content (AvgIpc) is 2.67. The third-order valence-electron chi connectivity index (χ3n) is 3.92. The van der Waals surface area contributed by atoms with Crippen molar-refractivity contribution in [3.63, 3.8) is 0 Å². The van der Waals surface area contributed by atoms with Gasteiger partial charge in [0.05, 0.1) is 5.92 Å². The summed E-state index contributed by atoms with van der Waals surface area (Å²) in [6.45, 7) is 0.443. The smallest absolute Gasteiger partial charge is 0.228 e. The van der Waals surface area contributed by atoms with Gasteiger partial charge in [-0.2, -0.15) is 0 Å². The van der Waals surface area contributed by atoms with E-state index in [1.165, 1.54) is 0 Å². The number of pyridine rings is 2. The molecular weight excluding hydrogens is 334 g/mol. The van der Waals surface area contributed by atoms with E-state index in [1.54, 1.807) is 30.7 Å². The predicted octanol–water partition coefficient (Wildman–Crippen LogP) is 3.77. The summed E-state index contributed by atoms with van der Waals surface area (Å²) in [6.07, 6.45) is 5.72. The van der Waals surface area contributed by atoms with Crippen LogP contribution < -0.4 is 5.32 Å². The highest BCUT2D eigenvalue weighted by Crippen LogP contribution is 2.22. The van der Waals surface area contributed by atoms with E-state index in [-0.39, 0.29) is 11.8 Å². The molecule has 1 atom stereocenters. The largest absolute Gasteiger partial charge is 0.351 e. The predicted molar refractivity (Wildman–Crippen MR) is 98.2 cm³/mol. The highest BCUT2D eigenvalue weighted by atomic mass is 35.5. The Hall–Kier alpha value is -2.72. The topological polar surface area (TPSA) is 54.9 Å². The van der Waals surface area contributed by atoms with Crippen molar-refractivity contribution in [2.45, 2.75) is 18.9 Å². The summed E-state index contributed by atoms with van der Waals surface area (Å²) in [5, 5.41) is 3.64. The molecule has 1 aromatic carbocycles. The second-order valence-corrected chi connectivity index (χ2v) is 6.14. The molecule has 5 heteroatoms. The number of carbonyl (C=O) groups excluding carboxylic acids is 1. The number of hydrogen-bond acceptors (Lipinski definition) is 3. The third-order valence-corrected chi connectivity index (χ3v) is 4.17. The number of nitrogens with zero attached hydrogens (tertiary/aromatic N) is 2. The van der Waals surface area contributed by atoms with Crippen LogP contribution in [-0.4, -0.2) is 15.9 Å².